The number of carbonyl (C=O) groups excluding carboxylic acids is 2. The first kappa shape index (κ1) is 14.1. The summed E-state index contributed by atoms with van der Waals surface area (Å²) in [6.45, 7) is 6.10. The van der Waals surface area contributed by atoms with Gasteiger partial charge in [-0.2, -0.15) is 0 Å². The summed E-state index contributed by atoms with van der Waals surface area (Å²) in [5.41, 5.74) is 0. The Balaban J connectivity index is 3.69. The smallest absolute Gasteiger partial charge is 0.313 e. The van der Waals surface area contributed by atoms with E-state index in [1.54, 1.807) is 0 Å². The number of esters is 1. The fourth-order valence-corrected chi connectivity index (χ4v) is 1.36. The summed E-state index contributed by atoms with van der Waals surface area (Å²) in [5, 5.41) is 0. The molecular weight excluding hydrogens is 192 g/mol. The summed E-state index contributed by atoms with van der Waals surface area (Å²) in [7, 11) is 0. The number of unbranched alkanes of at least 4 members (excludes halogenated alkanes) is 1. The highest BCUT2D eigenvalue weighted by Gasteiger charge is 2.11. The molecular formula is C12H22O3. The molecule has 0 aliphatic carbocycles. The fourth-order valence-electron chi connectivity index (χ4n) is 1.36. The predicted octanol–water partition coefficient (Wildman–Crippen LogP) is 2.73. The summed E-state index contributed by atoms with van der Waals surface area (Å²) in [6, 6.07) is 0. The number of hydrogen-bond acceptors (Lipinski definition) is 3. The van der Waals surface area contributed by atoms with Crippen molar-refractivity contribution in [1.82, 2.24) is 0 Å². The molecule has 0 aromatic carbocycles. The predicted molar refractivity (Wildman–Crippen MR) is 59.6 cm³/mol. The minimum Gasteiger partial charge on any atom is -0.465 e. The first-order valence-corrected chi connectivity index (χ1v) is 5.75. The molecule has 0 fully saturated rings. The standard InChI is InChI=1S/C12H22O3/c1-4-6-7-11(5-2)9-15-12(14)8-10(3)13/h11H,4-9H2,1-3H3. The summed E-state index contributed by atoms with van der Waals surface area (Å²) in [4.78, 5) is 21.7. The Morgan fingerprint density at radius 2 is 1.93 bits per heavy atom. The maximum atomic E-state index is 11.1. The van der Waals surface area contributed by atoms with Gasteiger partial charge in [-0.25, -0.2) is 0 Å². The van der Waals surface area contributed by atoms with Gasteiger partial charge in [-0.3, -0.25) is 9.59 Å². The Morgan fingerprint density at radius 3 is 2.40 bits per heavy atom. The van der Waals surface area contributed by atoms with Crippen LogP contribution in [-0.4, -0.2) is 18.4 Å². The topological polar surface area (TPSA) is 43.4 Å². The number of hydrogen-bond donors (Lipinski definition) is 0. The van der Waals surface area contributed by atoms with E-state index < -0.39 is 5.97 Å². The van der Waals surface area contributed by atoms with Crippen LogP contribution in [0.25, 0.3) is 0 Å². The lowest BCUT2D eigenvalue weighted by Gasteiger charge is -2.14. The van der Waals surface area contributed by atoms with Crippen molar-refractivity contribution in [3.63, 3.8) is 0 Å². The molecule has 0 spiro atoms. The zero-order chi connectivity index (χ0) is 11.7. The van der Waals surface area contributed by atoms with E-state index >= 15 is 0 Å². The molecule has 0 aromatic rings. The van der Waals surface area contributed by atoms with Crippen LogP contribution in [0.3, 0.4) is 0 Å². The van der Waals surface area contributed by atoms with E-state index in [1.807, 2.05) is 0 Å². The van der Waals surface area contributed by atoms with E-state index in [0.29, 0.717) is 12.5 Å². The maximum Gasteiger partial charge on any atom is 0.313 e. The molecule has 0 radical (unpaired) electrons. The van der Waals surface area contributed by atoms with Crippen LogP contribution in [0.5, 0.6) is 0 Å². The molecule has 3 heteroatoms. The molecule has 1 unspecified atom stereocenters. The number of ketones is 1. The lowest BCUT2D eigenvalue weighted by atomic mass is 10.0. The molecule has 3 nitrogen and oxygen atoms in total. The second kappa shape index (κ2) is 8.45. The fraction of sp³-hybridized carbons (Fsp3) is 0.833. The minimum atomic E-state index is -0.391. The number of ether oxygens (including phenoxy) is 1. The van der Waals surface area contributed by atoms with E-state index in [-0.39, 0.29) is 12.2 Å². The molecule has 0 heterocycles. The normalized spacial score (nSPS) is 12.2. The Kier molecular flexibility index (Phi) is 7.96. The molecule has 0 bridgehead atoms. The van der Waals surface area contributed by atoms with Crippen molar-refractivity contribution in [2.75, 3.05) is 6.61 Å². The number of carbonyl (C=O) groups is 2. The molecule has 0 N–H and O–H groups in total. The van der Waals surface area contributed by atoms with Gasteiger partial charge in [-0.15, -0.1) is 0 Å². The zero-order valence-electron chi connectivity index (χ0n) is 10.0. The van der Waals surface area contributed by atoms with E-state index in [9.17, 15) is 9.59 Å². The highest BCUT2D eigenvalue weighted by Crippen LogP contribution is 2.13. The number of Topliss-reactive ketones (excluding diaryl/α,β-unsaturated/α-hetero) is 1. The molecule has 0 rings (SSSR count). The van der Waals surface area contributed by atoms with Gasteiger partial charge >= 0.3 is 5.97 Å². The molecule has 0 aliphatic rings. The average molecular weight is 214 g/mol. The van der Waals surface area contributed by atoms with Crippen LogP contribution >= 0.6 is 0 Å². The molecule has 0 aromatic heterocycles. The van der Waals surface area contributed by atoms with Gasteiger partial charge in [0.25, 0.3) is 0 Å². The van der Waals surface area contributed by atoms with Crippen LogP contribution < -0.4 is 0 Å². The van der Waals surface area contributed by atoms with Crippen molar-refractivity contribution >= 4 is 11.8 Å². The monoisotopic (exact) mass is 214 g/mol. The first-order chi connectivity index (χ1) is 7.10. The average Bonchev–Trinajstić information content (AvgIpc) is 2.17. The van der Waals surface area contributed by atoms with Gasteiger partial charge in [-0.1, -0.05) is 33.1 Å². The lowest BCUT2D eigenvalue weighted by molar-refractivity contribution is -0.147. The quantitative estimate of drug-likeness (QED) is 0.461. The van der Waals surface area contributed by atoms with Gasteiger partial charge in [-0.05, 0) is 19.3 Å². The van der Waals surface area contributed by atoms with E-state index in [0.717, 1.165) is 19.3 Å². The summed E-state index contributed by atoms with van der Waals surface area (Å²) in [6.07, 6.45) is 4.36. The first-order valence-electron chi connectivity index (χ1n) is 5.75. The lowest BCUT2D eigenvalue weighted by Crippen LogP contribution is -2.15. The highest BCUT2D eigenvalue weighted by atomic mass is 16.5. The van der Waals surface area contributed by atoms with E-state index in [2.05, 4.69) is 13.8 Å². The third-order valence-corrected chi connectivity index (χ3v) is 2.42. The van der Waals surface area contributed by atoms with Crippen LogP contribution in [0, 0.1) is 5.92 Å². The number of rotatable bonds is 8. The van der Waals surface area contributed by atoms with Gasteiger partial charge in [0.2, 0.25) is 0 Å². The van der Waals surface area contributed by atoms with Gasteiger partial charge < -0.3 is 4.74 Å². The SMILES string of the molecule is CCCCC(CC)COC(=O)CC(C)=O. The molecule has 88 valence electrons. The van der Waals surface area contributed by atoms with E-state index in [1.165, 1.54) is 13.3 Å². The molecule has 0 saturated heterocycles. The Bertz CT molecular complexity index is 199. The Hall–Kier alpha value is -0.860. The molecule has 0 amide bonds. The Morgan fingerprint density at radius 1 is 1.27 bits per heavy atom. The summed E-state index contributed by atoms with van der Waals surface area (Å²) in [5.74, 6) is -0.0834. The Labute approximate surface area is 92.2 Å². The zero-order valence-corrected chi connectivity index (χ0v) is 10.0. The van der Waals surface area contributed by atoms with Crippen LogP contribution in [0.15, 0.2) is 0 Å². The van der Waals surface area contributed by atoms with Crippen LogP contribution in [0.1, 0.15) is 52.9 Å². The van der Waals surface area contributed by atoms with Crippen molar-refractivity contribution in [3.8, 4) is 0 Å². The van der Waals surface area contributed by atoms with Gasteiger partial charge in [0.1, 0.15) is 12.2 Å². The van der Waals surface area contributed by atoms with Crippen molar-refractivity contribution in [2.24, 2.45) is 5.92 Å². The third-order valence-electron chi connectivity index (χ3n) is 2.42. The molecule has 15 heavy (non-hydrogen) atoms. The van der Waals surface area contributed by atoms with Gasteiger partial charge in [0.05, 0.1) is 6.61 Å². The largest absolute Gasteiger partial charge is 0.465 e. The molecule has 0 aliphatic heterocycles. The van der Waals surface area contributed by atoms with Gasteiger partial charge in [0, 0.05) is 0 Å². The minimum absolute atomic E-state index is 0.0930. The molecule has 1 atom stereocenters. The molecule has 0 saturated carbocycles. The van der Waals surface area contributed by atoms with E-state index in [4.69, 9.17) is 4.74 Å². The van der Waals surface area contributed by atoms with Crippen molar-refractivity contribution in [3.05, 3.63) is 0 Å². The van der Waals surface area contributed by atoms with Crippen LogP contribution in [-0.2, 0) is 14.3 Å². The van der Waals surface area contributed by atoms with Crippen LogP contribution in [0.4, 0.5) is 0 Å². The van der Waals surface area contributed by atoms with Crippen molar-refractivity contribution < 1.29 is 14.3 Å². The third kappa shape index (κ3) is 8.16. The summed E-state index contributed by atoms with van der Waals surface area (Å²) < 4.78 is 5.04. The van der Waals surface area contributed by atoms with Crippen molar-refractivity contribution in [2.45, 2.75) is 52.9 Å². The summed E-state index contributed by atoms with van der Waals surface area (Å²) >= 11 is 0. The second-order valence-electron chi connectivity index (χ2n) is 3.98. The maximum absolute atomic E-state index is 11.1. The second-order valence-corrected chi connectivity index (χ2v) is 3.98. The van der Waals surface area contributed by atoms with Crippen molar-refractivity contribution in [1.29, 1.82) is 0 Å². The van der Waals surface area contributed by atoms with Crippen LogP contribution in [0.2, 0.25) is 0 Å². The highest BCUT2D eigenvalue weighted by molar-refractivity contribution is 5.94. The van der Waals surface area contributed by atoms with Gasteiger partial charge in [0.15, 0.2) is 0 Å².